The van der Waals surface area contributed by atoms with Gasteiger partial charge in [-0.2, -0.15) is 0 Å². The average molecular weight is 609 g/mol. The lowest BCUT2D eigenvalue weighted by Gasteiger charge is -2.34. The van der Waals surface area contributed by atoms with Crippen molar-refractivity contribution in [2.45, 2.75) is 115 Å². The van der Waals surface area contributed by atoms with Crippen LogP contribution in [0.4, 0.5) is 21.2 Å². The minimum absolute atomic E-state index is 0.184. The van der Waals surface area contributed by atoms with E-state index in [4.69, 9.17) is 14.2 Å². The number of pyridine rings is 2. The highest BCUT2D eigenvalue weighted by Crippen LogP contribution is 2.55. The Balaban J connectivity index is 0.000000175. The molecule has 2 atom stereocenters. The molecule has 236 valence electrons. The van der Waals surface area contributed by atoms with Crippen molar-refractivity contribution in [2.75, 3.05) is 10.2 Å². The van der Waals surface area contributed by atoms with Crippen LogP contribution in [0.5, 0.6) is 0 Å². The number of amides is 2. The third-order valence-corrected chi connectivity index (χ3v) is 8.58. The highest BCUT2D eigenvalue weighted by molar-refractivity contribution is 5.95. The predicted octanol–water partition coefficient (Wildman–Crippen LogP) is 5.97. The lowest BCUT2D eigenvalue weighted by Crippen LogP contribution is -2.46. The zero-order chi connectivity index (χ0) is 32.4. The van der Waals surface area contributed by atoms with E-state index in [0.717, 1.165) is 31.4 Å². The van der Waals surface area contributed by atoms with Gasteiger partial charge in [-0.1, -0.05) is 0 Å². The Labute approximate surface area is 256 Å². The lowest BCUT2D eigenvalue weighted by molar-refractivity contribution is 0.0174. The predicted molar refractivity (Wildman–Crippen MR) is 160 cm³/mol. The van der Waals surface area contributed by atoms with Gasteiger partial charge in [0.05, 0.1) is 33.3 Å². The van der Waals surface area contributed by atoms with E-state index in [1.165, 1.54) is 4.90 Å². The van der Waals surface area contributed by atoms with E-state index in [9.17, 15) is 24.3 Å². The van der Waals surface area contributed by atoms with Gasteiger partial charge in [0.25, 0.3) is 0 Å². The van der Waals surface area contributed by atoms with Gasteiger partial charge in [0, 0.05) is 5.54 Å². The normalized spacial score (nSPS) is 21.9. The van der Waals surface area contributed by atoms with E-state index in [0.29, 0.717) is 28.5 Å². The van der Waals surface area contributed by atoms with E-state index in [1.54, 1.807) is 45.0 Å². The number of nitrogens with zero attached hydrogens (tertiary/aromatic N) is 3. The second-order valence-electron chi connectivity index (χ2n) is 14.0. The van der Waals surface area contributed by atoms with Gasteiger partial charge in [-0.05, 0) is 105 Å². The van der Waals surface area contributed by atoms with Gasteiger partial charge in [-0.25, -0.2) is 29.1 Å². The van der Waals surface area contributed by atoms with Crippen LogP contribution >= 0.6 is 0 Å². The van der Waals surface area contributed by atoms with Crippen molar-refractivity contribution < 1.29 is 38.5 Å². The summed E-state index contributed by atoms with van der Waals surface area (Å²) in [5.41, 5.74) is 0.743. The van der Waals surface area contributed by atoms with Crippen LogP contribution in [0.1, 0.15) is 113 Å². The molecule has 2 spiro atoms. The van der Waals surface area contributed by atoms with Crippen LogP contribution in [-0.4, -0.2) is 62.5 Å². The van der Waals surface area contributed by atoms with Gasteiger partial charge < -0.3 is 19.3 Å². The number of cyclic esters (lactones) is 2. The number of esters is 2. The molecule has 1 unspecified atom stereocenters. The van der Waals surface area contributed by atoms with Gasteiger partial charge in [-0.15, -0.1) is 0 Å². The highest BCUT2D eigenvalue weighted by atomic mass is 16.6. The van der Waals surface area contributed by atoms with Crippen molar-refractivity contribution in [1.82, 2.24) is 9.97 Å². The maximum Gasteiger partial charge on any atom is 0.413 e. The van der Waals surface area contributed by atoms with Crippen LogP contribution in [-0.2, 0) is 25.0 Å². The number of hydrogen-bond acceptors (Lipinski definition) is 9. The van der Waals surface area contributed by atoms with E-state index < -0.39 is 23.3 Å². The number of carboxylic acid groups (broad SMARTS) is 1. The maximum absolute atomic E-state index is 12.0. The second kappa shape index (κ2) is 10.4. The fourth-order valence-corrected chi connectivity index (χ4v) is 5.94. The van der Waals surface area contributed by atoms with Crippen molar-refractivity contribution in [1.29, 1.82) is 0 Å². The molecular formula is C32H40N4O8. The summed E-state index contributed by atoms with van der Waals surface area (Å²) in [6.07, 6.45) is 1.68. The average Bonchev–Trinajstić information content (AvgIpc) is 3.81. The summed E-state index contributed by atoms with van der Waals surface area (Å²) in [6.45, 7) is 14.6. The molecule has 0 aromatic carbocycles. The molecule has 0 radical (unpaired) electrons. The number of fused-ring (bicyclic) bond motifs is 4. The Hall–Kier alpha value is -4.22. The molecule has 0 saturated heterocycles. The van der Waals surface area contributed by atoms with E-state index >= 15 is 0 Å². The summed E-state index contributed by atoms with van der Waals surface area (Å²) in [5.74, 6) is 0.0150. The summed E-state index contributed by atoms with van der Waals surface area (Å²) >= 11 is 0. The summed E-state index contributed by atoms with van der Waals surface area (Å²) in [7, 11) is 0. The first kappa shape index (κ1) is 31.2. The molecule has 4 heterocycles. The van der Waals surface area contributed by atoms with Crippen molar-refractivity contribution in [2.24, 2.45) is 0 Å². The SMILES string of the molecule is CC1OC(=O)c2ccc(N(C(=O)O)C(C)(C)C)nc2C12CC2.C[C@@H]1OC(=O)c2ccc(NC(=O)OC(C)(C)C)nc2C12CC2. The highest BCUT2D eigenvalue weighted by Gasteiger charge is 2.57. The fourth-order valence-electron chi connectivity index (χ4n) is 5.94. The Morgan fingerprint density at radius 3 is 1.77 bits per heavy atom. The first-order valence-electron chi connectivity index (χ1n) is 14.9. The van der Waals surface area contributed by atoms with Crippen LogP contribution in [0.2, 0.25) is 0 Å². The van der Waals surface area contributed by atoms with Gasteiger partial charge in [-0.3, -0.25) is 10.2 Å². The van der Waals surface area contributed by atoms with Crippen molar-refractivity contribution >= 4 is 35.8 Å². The van der Waals surface area contributed by atoms with Gasteiger partial charge in [0.1, 0.15) is 29.4 Å². The molecule has 12 nitrogen and oxygen atoms in total. The largest absolute Gasteiger partial charge is 0.465 e. The molecule has 2 aliphatic carbocycles. The van der Waals surface area contributed by atoms with E-state index in [2.05, 4.69) is 15.3 Å². The molecule has 2 saturated carbocycles. The van der Waals surface area contributed by atoms with E-state index in [-0.39, 0.29) is 35.0 Å². The zero-order valence-corrected chi connectivity index (χ0v) is 26.4. The molecule has 2 aliphatic heterocycles. The third-order valence-electron chi connectivity index (χ3n) is 8.58. The third kappa shape index (κ3) is 5.69. The smallest absolute Gasteiger partial charge is 0.413 e. The van der Waals surface area contributed by atoms with Crippen LogP contribution in [0, 0.1) is 0 Å². The molecule has 12 heteroatoms. The summed E-state index contributed by atoms with van der Waals surface area (Å²) in [5, 5.41) is 12.1. The maximum atomic E-state index is 12.0. The molecule has 2 aromatic heterocycles. The quantitative estimate of drug-likeness (QED) is 0.307. The number of ether oxygens (including phenoxy) is 3. The Bertz CT molecular complexity index is 1530. The van der Waals surface area contributed by atoms with Gasteiger partial charge >= 0.3 is 24.1 Å². The van der Waals surface area contributed by atoms with E-state index in [1.807, 2.05) is 34.6 Å². The van der Waals surface area contributed by atoms with Crippen LogP contribution in [0.15, 0.2) is 24.3 Å². The molecule has 44 heavy (non-hydrogen) atoms. The zero-order valence-electron chi connectivity index (χ0n) is 26.4. The Morgan fingerprint density at radius 2 is 1.34 bits per heavy atom. The molecule has 2 aromatic rings. The Morgan fingerprint density at radius 1 is 0.864 bits per heavy atom. The van der Waals surface area contributed by atoms with Crippen molar-refractivity contribution in [3.8, 4) is 0 Å². The molecule has 4 aliphatic rings. The molecule has 2 N–H and O–H groups in total. The number of hydrogen-bond donors (Lipinski definition) is 2. The van der Waals surface area contributed by atoms with Gasteiger partial charge in [0.15, 0.2) is 0 Å². The van der Waals surface area contributed by atoms with Crippen molar-refractivity contribution in [3.05, 3.63) is 46.8 Å². The molecule has 0 bridgehead atoms. The lowest BCUT2D eigenvalue weighted by atomic mass is 9.89. The standard InChI is InChI=1S/2C16H20N2O4/c1-9-16(7-8-16)12-10(13(19)21-9)5-6-11(17-12)18-14(20)22-15(2,3)4;1-9-16(7-8-16)12-10(13(19)22-9)5-6-11(17-12)18(14(20)21)15(2,3)4/h5-6,9H,7-8H2,1-4H3,(H,17,18,20);5-6,9H,7-8H2,1-4H3,(H,20,21)/t9-;/m0./s1. The van der Waals surface area contributed by atoms with Crippen LogP contribution in [0.3, 0.4) is 0 Å². The first-order valence-corrected chi connectivity index (χ1v) is 14.9. The number of aromatic nitrogens is 2. The summed E-state index contributed by atoms with van der Waals surface area (Å²) in [4.78, 5) is 57.7. The minimum Gasteiger partial charge on any atom is -0.465 e. The van der Waals surface area contributed by atoms with Gasteiger partial charge in [0.2, 0.25) is 0 Å². The topological polar surface area (TPSA) is 157 Å². The van der Waals surface area contributed by atoms with Crippen molar-refractivity contribution in [3.63, 3.8) is 0 Å². The number of anilines is 2. The Kier molecular flexibility index (Phi) is 7.41. The second-order valence-corrected chi connectivity index (χ2v) is 14.0. The summed E-state index contributed by atoms with van der Waals surface area (Å²) < 4.78 is 16.0. The van der Waals surface area contributed by atoms with Crippen LogP contribution < -0.4 is 10.2 Å². The first-order chi connectivity index (χ1) is 20.4. The van der Waals surface area contributed by atoms with Crippen LogP contribution in [0.25, 0.3) is 0 Å². The summed E-state index contributed by atoms with van der Waals surface area (Å²) in [6, 6.07) is 6.46. The monoisotopic (exact) mass is 608 g/mol. The molecule has 2 amide bonds. The number of rotatable bonds is 2. The molecule has 2 fully saturated rings. The molecular weight excluding hydrogens is 568 g/mol. The fraction of sp³-hybridized carbons (Fsp3) is 0.562. The number of carbonyl (C=O) groups excluding carboxylic acids is 3. The number of nitrogens with one attached hydrogen (secondary N) is 1. The minimum atomic E-state index is -1.06. The molecule has 6 rings (SSSR count). The number of carbonyl (C=O) groups is 4.